The average molecular weight is 257 g/mol. The largest absolute Gasteiger partial charge is 0.390 e. The Kier molecular flexibility index (Phi) is 4.40. The number of aliphatic hydroxyl groups excluding tert-OH is 1. The highest BCUT2D eigenvalue weighted by Gasteiger charge is 2.41. The van der Waals surface area contributed by atoms with E-state index in [1.165, 1.54) is 0 Å². The second-order valence-electron chi connectivity index (χ2n) is 4.20. The van der Waals surface area contributed by atoms with E-state index >= 15 is 0 Å². The quantitative estimate of drug-likeness (QED) is 0.879. The zero-order valence-electron chi connectivity index (χ0n) is 9.80. The molecule has 0 saturated heterocycles. The lowest BCUT2D eigenvalue weighted by Gasteiger charge is -2.40. The van der Waals surface area contributed by atoms with Gasteiger partial charge in [-0.15, -0.1) is 0 Å². The number of ether oxygens (including phenoxy) is 2. The van der Waals surface area contributed by atoms with Gasteiger partial charge in [0.15, 0.2) is 0 Å². The molecule has 3 unspecified atom stereocenters. The van der Waals surface area contributed by atoms with Gasteiger partial charge in [-0.25, -0.2) is 0 Å². The number of hydrogen-bond donors (Lipinski definition) is 1. The molecule has 1 N–H and O–H groups in total. The summed E-state index contributed by atoms with van der Waals surface area (Å²) in [5.41, 5.74) is 1.04. The minimum atomic E-state index is -0.390. The van der Waals surface area contributed by atoms with Gasteiger partial charge < -0.3 is 14.6 Å². The monoisotopic (exact) mass is 256 g/mol. The Bertz CT molecular complexity index is 369. The molecule has 1 aromatic carbocycles. The highest BCUT2D eigenvalue weighted by molar-refractivity contribution is 6.30. The van der Waals surface area contributed by atoms with Crippen molar-refractivity contribution in [2.75, 3.05) is 6.61 Å². The first-order chi connectivity index (χ1) is 8.20. The van der Waals surface area contributed by atoms with Crippen LogP contribution in [-0.4, -0.2) is 30.0 Å². The summed E-state index contributed by atoms with van der Waals surface area (Å²) < 4.78 is 11.1. The summed E-state index contributed by atoms with van der Waals surface area (Å²) in [6.07, 6.45) is 0.0630. The molecule has 0 aliphatic heterocycles. The lowest BCUT2D eigenvalue weighted by Crippen LogP contribution is -2.53. The van der Waals surface area contributed by atoms with E-state index in [4.69, 9.17) is 21.1 Å². The van der Waals surface area contributed by atoms with Crippen LogP contribution in [0.15, 0.2) is 24.3 Å². The van der Waals surface area contributed by atoms with E-state index in [1.54, 1.807) is 0 Å². The van der Waals surface area contributed by atoms with Crippen molar-refractivity contribution < 1.29 is 14.6 Å². The van der Waals surface area contributed by atoms with Gasteiger partial charge in [0.25, 0.3) is 0 Å². The molecule has 0 amide bonds. The normalized spacial score (nSPS) is 27.8. The van der Waals surface area contributed by atoms with Gasteiger partial charge in [0.2, 0.25) is 0 Å². The highest BCUT2D eigenvalue weighted by Crippen LogP contribution is 2.28. The van der Waals surface area contributed by atoms with E-state index in [2.05, 4.69) is 0 Å². The zero-order valence-corrected chi connectivity index (χ0v) is 10.6. The van der Waals surface area contributed by atoms with Crippen LogP contribution in [0.2, 0.25) is 5.02 Å². The summed E-state index contributed by atoms with van der Waals surface area (Å²) in [5.74, 6) is 0. The van der Waals surface area contributed by atoms with Crippen LogP contribution in [0.3, 0.4) is 0 Å². The average Bonchev–Trinajstić information content (AvgIpc) is 2.31. The first-order valence-corrected chi connectivity index (χ1v) is 6.24. The van der Waals surface area contributed by atoms with Crippen LogP contribution < -0.4 is 0 Å². The molecule has 3 nitrogen and oxygen atoms in total. The SMILES string of the molecule is CCOC1C(O)CC1OCc1cccc(Cl)c1. The molecular weight excluding hydrogens is 240 g/mol. The number of rotatable bonds is 5. The smallest absolute Gasteiger partial charge is 0.110 e. The van der Waals surface area contributed by atoms with Gasteiger partial charge >= 0.3 is 0 Å². The Morgan fingerprint density at radius 2 is 2.24 bits per heavy atom. The van der Waals surface area contributed by atoms with Crippen molar-refractivity contribution in [1.82, 2.24) is 0 Å². The molecule has 0 bridgehead atoms. The van der Waals surface area contributed by atoms with Gasteiger partial charge in [-0.2, -0.15) is 0 Å². The molecule has 0 heterocycles. The standard InChI is InChI=1S/C13H17ClO3/c1-2-16-13-11(15)7-12(13)17-8-9-4-3-5-10(14)6-9/h3-6,11-13,15H,2,7-8H2,1H3. The van der Waals surface area contributed by atoms with Crippen molar-refractivity contribution in [1.29, 1.82) is 0 Å². The van der Waals surface area contributed by atoms with E-state index in [0.717, 1.165) is 5.56 Å². The van der Waals surface area contributed by atoms with Gasteiger partial charge in [0.1, 0.15) is 6.10 Å². The lowest BCUT2D eigenvalue weighted by atomic mass is 9.88. The van der Waals surface area contributed by atoms with Crippen LogP contribution in [0.4, 0.5) is 0 Å². The highest BCUT2D eigenvalue weighted by atomic mass is 35.5. The molecular formula is C13H17ClO3. The van der Waals surface area contributed by atoms with Crippen molar-refractivity contribution in [3.8, 4) is 0 Å². The Morgan fingerprint density at radius 3 is 2.88 bits per heavy atom. The summed E-state index contributed by atoms with van der Waals surface area (Å²) in [4.78, 5) is 0. The molecule has 0 radical (unpaired) electrons. The summed E-state index contributed by atoms with van der Waals surface area (Å²) in [6.45, 7) is 3.01. The fourth-order valence-electron chi connectivity index (χ4n) is 1.96. The van der Waals surface area contributed by atoms with Crippen molar-refractivity contribution >= 4 is 11.6 Å². The first-order valence-electron chi connectivity index (χ1n) is 5.86. The summed E-state index contributed by atoms with van der Waals surface area (Å²) >= 11 is 5.89. The molecule has 1 aliphatic carbocycles. The van der Waals surface area contributed by atoms with Crippen LogP contribution in [0.1, 0.15) is 18.9 Å². The Hall–Kier alpha value is -0.610. The lowest BCUT2D eigenvalue weighted by molar-refractivity contribution is -0.194. The maximum absolute atomic E-state index is 9.52. The molecule has 0 spiro atoms. The molecule has 0 aromatic heterocycles. The van der Waals surface area contributed by atoms with Crippen molar-refractivity contribution in [2.45, 2.75) is 38.3 Å². The molecule has 2 rings (SSSR count). The zero-order chi connectivity index (χ0) is 12.3. The summed E-state index contributed by atoms with van der Waals surface area (Å²) in [6, 6.07) is 7.58. The van der Waals surface area contributed by atoms with Crippen LogP contribution in [0.5, 0.6) is 0 Å². The van der Waals surface area contributed by atoms with E-state index in [0.29, 0.717) is 24.7 Å². The maximum atomic E-state index is 9.52. The fourth-order valence-corrected chi connectivity index (χ4v) is 2.17. The predicted octanol–water partition coefficient (Wildman–Crippen LogP) is 2.39. The summed E-state index contributed by atoms with van der Waals surface area (Å²) in [7, 11) is 0. The van der Waals surface area contributed by atoms with E-state index in [1.807, 2.05) is 31.2 Å². The second-order valence-corrected chi connectivity index (χ2v) is 4.64. The fraction of sp³-hybridized carbons (Fsp3) is 0.538. The van der Waals surface area contributed by atoms with Crippen molar-refractivity contribution in [3.63, 3.8) is 0 Å². The first kappa shape index (κ1) is 12.8. The second kappa shape index (κ2) is 5.83. The Balaban J connectivity index is 1.82. The maximum Gasteiger partial charge on any atom is 0.110 e. The van der Waals surface area contributed by atoms with Crippen LogP contribution in [-0.2, 0) is 16.1 Å². The van der Waals surface area contributed by atoms with Crippen molar-refractivity contribution in [3.05, 3.63) is 34.9 Å². The third kappa shape index (κ3) is 3.19. The molecule has 1 fully saturated rings. The Labute approximate surface area is 106 Å². The number of halogens is 1. The number of benzene rings is 1. The summed E-state index contributed by atoms with van der Waals surface area (Å²) in [5, 5.41) is 10.2. The van der Waals surface area contributed by atoms with E-state index in [9.17, 15) is 5.11 Å². The molecule has 1 aliphatic rings. The molecule has 1 saturated carbocycles. The Morgan fingerprint density at radius 1 is 1.41 bits per heavy atom. The third-order valence-electron chi connectivity index (χ3n) is 2.93. The molecule has 3 atom stereocenters. The van der Waals surface area contributed by atoms with Crippen molar-refractivity contribution in [2.24, 2.45) is 0 Å². The van der Waals surface area contributed by atoms with Gasteiger partial charge in [-0.05, 0) is 24.6 Å². The molecule has 17 heavy (non-hydrogen) atoms. The van der Waals surface area contributed by atoms with E-state index in [-0.39, 0.29) is 18.3 Å². The number of aliphatic hydroxyl groups is 1. The minimum Gasteiger partial charge on any atom is -0.390 e. The molecule has 4 heteroatoms. The van der Waals surface area contributed by atoms with Gasteiger partial charge in [-0.1, -0.05) is 23.7 Å². The molecule has 94 valence electrons. The van der Waals surface area contributed by atoms with Gasteiger partial charge in [-0.3, -0.25) is 0 Å². The predicted molar refractivity (Wildman–Crippen MR) is 66.1 cm³/mol. The van der Waals surface area contributed by atoms with Crippen LogP contribution >= 0.6 is 11.6 Å². The van der Waals surface area contributed by atoms with Crippen LogP contribution in [0, 0.1) is 0 Å². The van der Waals surface area contributed by atoms with Gasteiger partial charge in [0, 0.05) is 18.1 Å². The topological polar surface area (TPSA) is 38.7 Å². The minimum absolute atomic E-state index is 0.0102. The van der Waals surface area contributed by atoms with Crippen LogP contribution in [0.25, 0.3) is 0 Å². The van der Waals surface area contributed by atoms with Gasteiger partial charge in [0.05, 0.1) is 18.8 Å². The third-order valence-corrected chi connectivity index (χ3v) is 3.17. The number of hydrogen-bond acceptors (Lipinski definition) is 3. The van der Waals surface area contributed by atoms with E-state index < -0.39 is 0 Å². The molecule has 1 aromatic rings.